The average Bonchev–Trinajstić information content (AvgIpc) is 2.19. The van der Waals surface area contributed by atoms with E-state index in [1.165, 1.54) is 6.07 Å². The molecule has 0 saturated carbocycles. The van der Waals surface area contributed by atoms with E-state index in [9.17, 15) is 4.39 Å². The van der Waals surface area contributed by atoms with E-state index in [0.29, 0.717) is 6.42 Å². The molecule has 1 N–H and O–H groups in total. The first-order valence-corrected chi connectivity index (χ1v) is 4.86. The third-order valence-corrected chi connectivity index (χ3v) is 2.23. The van der Waals surface area contributed by atoms with Crippen molar-refractivity contribution in [1.29, 1.82) is 0 Å². The summed E-state index contributed by atoms with van der Waals surface area (Å²) in [5.41, 5.74) is 0.971. The summed E-state index contributed by atoms with van der Waals surface area (Å²) < 4.78 is 12.9. The van der Waals surface area contributed by atoms with Crippen LogP contribution >= 0.6 is 0 Å². The van der Waals surface area contributed by atoms with Crippen LogP contribution in [0.5, 0.6) is 0 Å². The highest BCUT2D eigenvalue weighted by Crippen LogP contribution is 2.05. The fourth-order valence-corrected chi connectivity index (χ4v) is 1.54. The third-order valence-electron chi connectivity index (χ3n) is 2.23. The number of aliphatic imine (C=N–C) groups is 1. The minimum Gasteiger partial charge on any atom is -0.373 e. The predicted molar refractivity (Wildman–Crippen MR) is 55.0 cm³/mol. The molecule has 0 radical (unpaired) electrons. The average molecular weight is 192 g/mol. The van der Waals surface area contributed by atoms with Gasteiger partial charge in [-0.2, -0.15) is 0 Å². The maximum absolute atomic E-state index is 12.9. The van der Waals surface area contributed by atoms with Crippen LogP contribution in [-0.2, 0) is 6.42 Å². The zero-order valence-corrected chi connectivity index (χ0v) is 7.96. The van der Waals surface area contributed by atoms with Gasteiger partial charge in [-0.25, -0.2) is 4.39 Å². The van der Waals surface area contributed by atoms with Gasteiger partial charge in [0.15, 0.2) is 0 Å². The Balaban J connectivity index is 2.06. The second-order valence-corrected chi connectivity index (χ2v) is 3.42. The molecule has 0 aliphatic carbocycles. The Morgan fingerprint density at radius 3 is 3.07 bits per heavy atom. The molecular weight excluding hydrogens is 179 g/mol. The first kappa shape index (κ1) is 9.19. The molecule has 1 aliphatic rings. The lowest BCUT2D eigenvalue weighted by Gasteiger charge is -2.14. The van der Waals surface area contributed by atoms with Crippen LogP contribution in [0.4, 0.5) is 4.39 Å². The zero-order chi connectivity index (χ0) is 9.80. The monoisotopic (exact) mass is 192 g/mol. The number of nitrogens with one attached hydrogen (secondary N) is 1. The highest BCUT2D eigenvalue weighted by Gasteiger charge is 2.05. The van der Waals surface area contributed by atoms with Crippen LogP contribution in [0.1, 0.15) is 12.0 Å². The number of benzene rings is 1. The van der Waals surface area contributed by atoms with Crippen molar-refractivity contribution in [3.8, 4) is 0 Å². The largest absolute Gasteiger partial charge is 0.373 e. The lowest BCUT2D eigenvalue weighted by molar-refractivity contribution is 0.626. The maximum atomic E-state index is 12.9. The Bertz CT molecular complexity index is 347. The first-order valence-electron chi connectivity index (χ1n) is 4.86. The smallest absolute Gasteiger partial charge is 0.123 e. The van der Waals surface area contributed by atoms with Gasteiger partial charge in [0.05, 0.1) is 0 Å². The van der Waals surface area contributed by atoms with Crippen LogP contribution in [0.3, 0.4) is 0 Å². The van der Waals surface area contributed by atoms with Gasteiger partial charge < -0.3 is 5.32 Å². The van der Waals surface area contributed by atoms with E-state index in [0.717, 1.165) is 30.9 Å². The Morgan fingerprint density at radius 2 is 2.36 bits per heavy atom. The van der Waals surface area contributed by atoms with E-state index < -0.39 is 0 Å². The second kappa shape index (κ2) is 4.22. The summed E-state index contributed by atoms with van der Waals surface area (Å²) in [6.07, 6.45) is 1.80. The van der Waals surface area contributed by atoms with Gasteiger partial charge in [0.25, 0.3) is 0 Å². The summed E-state index contributed by atoms with van der Waals surface area (Å²) in [6, 6.07) is 6.66. The van der Waals surface area contributed by atoms with Crippen molar-refractivity contribution in [2.75, 3.05) is 13.1 Å². The van der Waals surface area contributed by atoms with Crippen LogP contribution in [0.25, 0.3) is 0 Å². The zero-order valence-electron chi connectivity index (χ0n) is 7.96. The van der Waals surface area contributed by atoms with Gasteiger partial charge >= 0.3 is 0 Å². The molecule has 2 rings (SSSR count). The molecular formula is C11H13FN2. The van der Waals surface area contributed by atoms with Gasteiger partial charge in [0.2, 0.25) is 0 Å². The van der Waals surface area contributed by atoms with E-state index in [1.54, 1.807) is 12.1 Å². The van der Waals surface area contributed by atoms with Gasteiger partial charge in [-0.15, -0.1) is 0 Å². The molecule has 0 unspecified atom stereocenters. The minimum atomic E-state index is -0.182. The predicted octanol–water partition coefficient (Wildman–Crippen LogP) is 1.76. The number of nitrogens with zero attached hydrogens (tertiary/aromatic N) is 1. The number of rotatable bonds is 2. The van der Waals surface area contributed by atoms with Gasteiger partial charge in [0.1, 0.15) is 11.7 Å². The molecule has 0 aromatic heterocycles. The lowest BCUT2D eigenvalue weighted by Crippen LogP contribution is -2.30. The van der Waals surface area contributed by atoms with Crippen LogP contribution in [0.15, 0.2) is 29.3 Å². The third kappa shape index (κ3) is 2.31. The molecule has 0 spiro atoms. The molecule has 14 heavy (non-hydrogen) atoms. The molecule has 0 bridgehead atoms. The van der Waals surface area contributed by atoms with Crippen LogP contribution in [0.2, 0.25) is 0 Å². The van der Waals surface area contributed by atoms with E-state index >= 15 is 0 Å². The van der Waals surface area contributed by atoms with Crippen LogP contribution < -0.4 is 5.32 Å². The summed E-state index contributed by atoms with van der Waals surface area (Å²) in [5, 5.41) is 3.21. The molecule has 3 heteroatoms. The molecule has 0 amide bonds. The van der Waals surface area contributed by atoms with E-state index in [2.05, 4.69) is 10.3 Å². The van der Waals surface area contributed by atoms with Crippen molar-refractivity contribution in [3.63, 3.8) is 0 Å². The number of amidine groups is 1. The van der Waals surface area contributed by atoms with E-state index in [4.69, 9.17) is 0 Å². The molecule has 74 valence electrons. The fraction of sp³-hybridized carbons (Fsp3) is 0.364. The van der Waals surface area contributed by atoms with E-state index in [-0.39, 0.29) is 5.82 Å². The maximum Gasteiger partial charge on any atom is 0.123 e. The van der Waals surface area contributed by atoms with Crippen molar-refractivity contribution in [2.24, 2.45) is 4.99 Å². The number of hydrogen-bond acceptors (Lipinski definition) is 2. The molecule has 0 saturated heterocycles. The standard InChI is InChI=1S/C11H13FN2/c12-10-4-1-3-9(7-10)8-11-13-5-2-6-14-11/h1,3-4,7H,2,5-6,8H2,(H,13,14). The van der Waals surface area contributed by atoms with Crippen molar-refractivity contribution in [2.45, 2.75) is 12.8 Å². The highest BCUT2D eigenvalue weighted by molar-refractivity contribution is 5.84. The minimum absolute atomic E-state index is 0.182. The van der Waals surface area contributed by atoms with Crippen LogP contribution in [0, 0.1) is 5.82 Å². The number of hydrogen-bond donors (Lipinski definition) is 1. The van der Waals surface area contributed by atoms with Gasteiger partial charge in [-0.1, -0.05) is 12.1 Å². The van der Waals surface area contributed by atoms with Gasteiger partial charge in [-0.05, 0) is 24.1 Å². The Hall–Kier alpha value is -1.38. The highest BCUT2D eigenvalue weighted by atomic mass is 19.1. The summed E-state index contributed by atoms with van der Waals surface area (Å²) in [4.78, 5) is 4.34. The molecule has 1 aromatic rings. The van der Waals surface area contributed by atoms with Crippen LogP contribution in [-0.4, -0.2) is 18.9 Å². The molecule has 0 atom stereocenters. The second-order valence-electron chi connectivity index (χ2n) is 3.42. The number of halogens is 1. The van der Waals surface area contributed by atoms with Crippen molar-refractivity contribution >= 4 is 5.84 Å². The molecule has 1 aliphatic heterocycles. The summed E-state index contributed by atoms with van der Waals surface area (Å²) >= 11 is 0. The SMILES string of the molecule is Fc1cccc(CC2=NCCCN2)c1. The summed E-state index contributed by atoms with van der Waals surface area (Å²) in [6.45, 7) is 1.87. The topological polar surface area (TPSA) is 24.4 Å². The Labute approximate surface area is 82.9 Å². The van der Waals surface area contributed by atoms with Crippen molar-refractivity contribution in [1.82, 2.24) is 5.32 Å². The molecule has 1 heterocycles. The molecule has 0 fully saturated rings. The molecule has 1 aromatic carbocycles. The van der Waals surface area contributed by atoms with Gasteiger partial charge in [0, 0.05) is 19.5 Å². The summed E-state index contributed by atoms with van der Waals surface area (Å²) in [7, 11) is 0. The van der Waals surface area contributed by atoms with Crippen molar-refractivity contribution in [3.05, 3.63) is 35.6 Å². The fourth-order valence-electron chi connectivity index (χ4n) is 1.54. The van der Waals surface area contributed by atoms with E-state index in [1.807, 2.05) is 6.07 Å². The summed E-state index contributed by atoms with van der Waals surface area (Å²) in [5.74, 6) is 0.792. The quantitative estimate of drug-likeness (QED) is 0.758. The normalized spacial score (nSPS) is 15.9. The lowest BCUT2D eigenvalue weighted by atomic mass is 10.1. The Kier molecular flexibility index (Phi) is 2.77. The molecule has 2 nitrogen and oxygen atoms in total. The Morgan fingerprint density at radius 1 is 1.43 bits per heavy atom. The van der Waals surface area contributed by atoms with Crippen molar-refractivity contribution < 1.29 is 4.39 Å². The first-order chi connectivity index (χ1) is 6.84. The van der Waals surface area contributed by atoms with Gasteiger partial charge in [-0.3, -0.25) is 4.99 Å².